The fourth-order valence-corrected chi connectivity index (χ4v) is 2.79. The Bertz CT molecular complexity index is 773. The Labute approximate surface area is 141 Å². The second-order valence-electron chi connectivity index (χ2n) is 5.75. The van der Waals surface area contributed by atoms with Gasteiger partial charge in [-0.05, 0) is 31.2 Å². The van der Waals surface area contributed by atoms with Crippen molar-refractivity contribution in [3.05, 3.63) is 54.1 Å². The Morgan fingerprint density at radius 2 is 1.92 bits per heavy atom. The van der Waals surface area contributed by atoms with Crippen LogP contribution in [0.15, 0.2) is 48.5 Å². The normalized spacial score (nSPS) is 16.8. The standard InChI is InChI=1S/C19H20N2O3/c1-3-24-17-11-7-4-8-14(17)19(23)21-12-13(2)18(22)20-15-9-5-6-10-16(15)21/h4-11,13H,3,12H2,1-2H3,(H,20,22)/t13-/m0/s1. The van der Waals surface area contributed by atoms with E-state index >= 15 is 0 Å². The van der Waals surface area contributed by atoms with Crippen LogP contribution in [0.1, 0.15) is 24.2 Å². The van der Waals surface area contributed by atoms with E-state index in [1.807, 2.05) is 44.2 Å². The molecule has 0 fully saturated rings. The summed E-state index contributed by atoms with van der Waals surface area (Å²) in [4.78, 5) is 27.0. The molecule has 124 valence electrons. The summed E-state index contributed by atoms with van der Waals surface area (Å²) in [5.74, 6) is -0.00929. The van der Waals surface area contributed by atoms with Crippen LogP contribution in [-0.4, -0.2) is 25.0 Å². The van der Waals surface area contributed by atoms with Crippen molar-refractivity contribution in [2.45, 2.75) is 13.8 Å². The highest BCUT2D eigenvalue weighted by molar-refractivity contribution is 6.12. The van der Waals surface area contributed by atoms with E-state index in [-0.39, 0.29) is 17.7 Å². The first-order chi connectivity index (χ1) is 11.6. The third kappa shape index (κ3) is 2.97. The van der Waals surface area contributed by atoms with Gasteiger partial charge in [-0.15, -0.1) is 0 Å². The number of para-hydroxylation sites is 3. The van der Waals surface area contributed by atoms with Crippen LogP contribution in [0.4, 0.5) is 11.4 Å². The van der Waals surface area contributed by atoms with Gasteiger partial charge in [-0.1, -0.05) is 31.2 Å². The molecule has 24 heavy (non-hydrogen) atoms. The number of anilines is 2. The molecule has 3 rings (SSSR count). The monoisotopic (exact) mass is 324 g/mol. The minimum Gasteiger partial charge on any atom is -0.493 e. The van der Waals surface area contributed by atoms with E-state index in [9.17, 15) is 9.59 Å². The number of rotatable bonds is 3. The molecule has 2 aromatic rings. The maximum absolute atomic E-state index is 13.2. The summed E-state index contributed by atoms with van der Waals surface area (Å²) in [5.41, 5.74) is 1.84. The number of amides is 2. The van der Waals surface area contributed by atoms with Crippen LogP contribution in [0.25, 0.3) is 0 Å². The first kappa shape index (κ1) is 16.1. The van der Waals surface area contributed by atoms with Crippen molar-refractivity contribution in [3.8, 4) is 5.75 Å². The van der Waals surface area contributed by atoms with Gasteiger partial charge in [0.05, 0.1) is 29.5 Å². The Morgan fingerprint density at radius 1 is 1.21 bits per heavy atom. The summed E-state index contributed by atoms with van der Waals surface area (Å²) in [7, 11) is 0. The maximum atomic E-state index is 13.2. The molecule has 1 heterocycles. The molecule has 0 radical (unpaired) electrons. The largest absolute Gasteiger partial charge is 0.493 e. The molecule has 0 bridgehead atoms. The minimum atomic E-state index is -0.305. The second kappa shape index (κ2) is 6.74. The quantitative estimate of drug-likeness (QED) is 0.942. The van der Waals surface area contributed by atoms with E-state index in [0.29, 0.717) is 35.8 Å². The van der Waals surface area contributed by atoms with Gasteiger partial charge >= 0.3 is 0 Å². The number of benzene rings is 2. The third-order valence-corrected chi connectivity index (χ3v) is 4.02. The summed E-state index contributed by atoms with van der Waals surface area (Å²) in [5, 5.41) is 2.88. The lowest BCUT2D eigenvalue weighted by Gasteiger charge is -2.24. The van der Waals surface area contributed by atoms with Crippen LogP contribution < -0.4 is 15.0 Å². The van der Waals surface area contributed by atoms with Gasteiger partial charge in [0.1, 0.15) is 5.75 Å². The number of hydrogen-bond acceptors (Lipinski definition) is 3. The molecule has 0 aromatic heterocycles. The van der Waals surface area contributed by atoms with E-state index < -0.39 is 0 Å². The number of carbonyl (C=O) groups excluding carboxylic acids is 2. The predicted molar refractivity (Wildman–Crippen MR) is 93.5 cm³/mol. The van der Waals surface area contributed by atoms with Gasteiger partial charge < -0.3 is 15.0 Å². The second-order valence-corrected chi connectivity index (χ2v) is 5.75. The van der Waals surface area contributed by atoms with Crippen molar-refractivity contribution in [3.63, 3.8) is 0 Å². The highest BCUT2D eigenvalue weighted by Crippen LogP contribution is 2.32. The van der Waals surface area contributed by atoms with Crippen molar-refractivity contribution >= 4 is 23.2 Å². The Hall–Kier alpha value is -2.82. The molecule has 1 atom stereocenters. The van der Waals surface area contributed by atoms with Crippen LogP contribution in [-0.2, 0) is 4.79 Å². The maximum Gasteiger partial charge on any atom is 0.262 e. The Balaban J connectivity index is 2.04. The topological polar surface area (TPSA) is 58.6 Å². The number of fused-ring (bicyclic) bond motifs is 1. The lowest BCUT2D eigenvalue weighted by atomic mass is 10.1. The van der Waals surface area contributed by atoms with E-state index in [2.05, 4.69) is 5.32 Å². The summed E-state index contributed by atoms with van der Waals surface area (Å²) in [6.45, 7) is 4.50. The molecule has 2 amide bonds. The van der Waals surface area contributed by atoms with Crippen molar-refractivity contribution in [1.29, 1.82) is 0 Å². The van der Waals surface area contributed by atoms with Gasteiger partial charge in [0, 0.05) is 6.54 Å². The zero-order chi connectivity index (χ0) is 17.1. The molecule has 1 aliphatic rings. The molecule has 1 N–H and O–H groups in total. The zero-order valence-corrected chi connectivity index (χ0v) is 13.8. The van der Waals surface area contributed by atoms with Gasteiger partial charge in [0.25, 0.3) is 5.91 Å². The zero-order valence-electron chi connectivity index (χ0n) is 13.8. The molecule has 5 nitrogen and oxygen atoms in total. The molecule has 0 unspecified atom stereocenters. The fourth-order valence-electron chi connectivity index (χ4n) is 2.79. The summed E-state index contributed by atoms with van der Waals surface area (Å²) < 4.78 is 5.59. The first-order valence-corrected chi connectivity index (χ1v) is 8.05. The molecule has 0 saturated carbocycles. The van der Waals surface area contributed by atoms with E-state index in [4.69, 9.17) is 4.74 Å². The predicted octanol–water partition coefficient (Wildman–Crippen LogP) is 3.32. The van der Waals surface area contributed by atoms with Crippen LogP contribution in [0.5, 0.6) is 5.75 Å². The highest BCUT2D eigenvalue weighted by Gasteiger charge is 2.30. The summed E-state index contributed by atoms with van der Waals surface area (Å²) >= 11 is 0. The van der Waals surface area contributed by atoms with E-state index in [1.54, 1.807) is 23.1 Å². The molecular formula is C19H20N2O3. The first-order valence-electron chi connectivity index (χ1n) is 8.05. The molecular weight excluding hydrogens is 304 g/mol. The fraction of sp³-hybridized carbons (Fsp3) is 0.263. The number of hydrogen-bond donors (Lipinski definition) is 1. The molecule has 2 aromatic carbocycles. The Morgan fingerprint density at radius 3 is 2.71 bits per heavy atom. The van der Waals surface area contributed by atoms with E-state index in [0.717, 1.165) is 0 Å². The number of nitrogens with zero attached hydrogens (tertiary/aromatic N) is 1. The van der Waals surface area contributed by atoms with Crippen molar-refractivity contribution in [2.24, 2.45) is 5.92 Å². The van der Waals surface area contributed by atoms with Crippen molar-refractivity contribution in [1.82, 2.24) is 0 Å². The van der Waals surface area contributed by atoms with Crippen molar-refractivity contribution < 1.29 is 14.3 Å². The average Bonchev–Trinajstić information content (AvgIpc) is 2.72. The lowest BCUT2D eigenvalue weighted by molar-refractivity contribution is -0.119. The van der Waals surface area contributed by atoms with Crippen molar-refractivity contribution in [2.75, 3.05) is 23.4 Å². The third-order valence-electron chi connectivity index (χ3n) is 4.02. The SMILES string of the molecule is CCOc1ccccc1C(=O)N1C[C@H](C)C(=O)Nc2ccccc21. The smallest absolute Gasteiger partial charge is 0.262 e. The minimum absolute atomic E-state index is 0.0872. The Kier molecular flexibility index (Phi) is 4.51. The average molecular weight is 324 g/mol. The van der Waals surface area contributed by atoms with Gasteiger partial charge in [0.15, 0.2) is 0 Å². The number of nitrogens with one attached hydrogen (secondary N) is 1. The van der Waals surface area contributed by atoms with Crippen LogP contribution in [0.3, 0.4) is 0 Å². The van der Waals surface area contributed by atoms with Gasteiger partial charge in [-0.3, -0.25) is 9.59 Å². The lowest BCUT2D eigenvalue weighted by Crippen LogP contribution is -2.36. The van der Waals surface area contributed by atoms with Gasteiger partial charge in [-0.2, -0.15) is 0 Å². The number of ether oxygens (including phenoxy) is 1. The molecule has 0 aliphatic carbocycles. The highest BCUT2D eigenvalue weighted by atomic mass is 16.5. The summed E-state index contributed by atoms with van der Waals surface area (Å²) in [6, 6.07) is 14.5. The summed E-state index contributed by atoms with van der Waals surface area (Å²) in [6.07, 6.45) is 0. The van der Waals surface area contributed by atoms with Gasteiger partial charge in [0.2, 0.25) is 5.91 Å². The molecule has 1 aliphatic heterocycles. The van der Waals surface area contributed by atoms with Crippen LogP contribution in [0.2, 0.25) is 0 Å². The van der Waals surface area contributed by atoms with E-state index in [1.165, 1.54) is 0 Å². The van der Waals surface area contributed by atoms with Crippen LogP contribution in [0, 0.1) is 5.92 Å². The molecule has 5 heteroatoms. The number of carbonyl (C=O) groups is 2. The van der Waals surface area contributed by atoms with Gasteiger partial charge in [-0.25, -0.2) is 0 Å². The molecule has 0 saturated heterocycles. The molecule has 0 spiro atoms. The van der Waals surface area contributed by atoms with Crippen LogP contribution >= 0.6 is 0 Å².